The Hall–Kier alpha value is -0.160. The topological polar surface area (TPSA) is 44.7 Å². The summed E-state index contributed by atoms with van der Waals surface area (Å²) in [6.45, 7) is 1.23. The number of rotatable bonds is 0. The Balaban J connectivity index is 2.18. The van der Waals surface area contributed by atoms with E-state index in [9.17, 15) is 0 Å². The van der Waals surface area contributed by atoms with E-state index in [1.54, 1.807) is 0 Å². The molecule has 1 saturated heterocycles. The summed E-state index contributed by atoms with van der Waals surface area (Å²) in [4.78, 5) is 4.29. The lowest BCUT2D eigenvalue weighted by molar-refractivity contribution is -0.332. The van der Waals surface area contributed by atoms with E-state index >= 15 is 0 Å². The van der Waals surface area contributed by atoms with Crippen molar-refractivity contribution >= 4 is 0 Å². The summed E-state index contributed by atoms with van der Waals surface area (Å²) < 4.78 is 0. The van der Waals surface area contributed by atoms with Crippen LogP contribution in [0.3, 0.4) is 0 Å². The summed E-state index contributed by atoms with van der Waals surface area (Å²) in [6.07, 6.45) is 0. The molecule has 1 aliphatic rings. The molecule has 0 amide bonds. The first-order chi connectivity index (χ1) is 2.89. The van der Waals surface area contributed by atoms with Gasteiger partial charge in [-0.05, 0) is 5.23 Å². The highest BCUT2D eigenvalue weighted by atomic mass is 17.0. The Labute approximate surface area is 35.2 Å². The van der Waals surface area contributed by atoms with E-state index < -0.39 is 0 Å². The molecule has 0 atom stereocenters. The molecule has 0 aliphatic carbocycles. The molecule has 6 heavy (non-hydrogen) atoms. The van der Waals surface area contributed by atoms with Gasteiger partial charge in [-0.25, -0.2) is 0 Å². The van der Waals surface area contributed by atoms with Crippen molar-refractivity contribution in [1.29, 1.82) is 0 Å². The molecule has 4 nitrogen and oxygen atoms in total. The number of nitrogens with zero attached hydrogens (tertiary/aromatic N) is 1. The predicted molar refractivity (Wildman–Crippen MR) is 17.6 cm³/mol. The second-order valence-electron chi connectivity index (χ2n) is 1.06. The quantitative estimate of drug-likeness (QED) is 0.405. The van der Waals surface area contributed by atoms with Crippen LogP contribution in [0.4, 0.5) is 0 Å². The molecule has 0 aromatic rings. The highest BCUT2D eigenvalue weighted by molar-refractivity contribution is 4.37. The Morgan fingerprint density at radius 3 is 2.83 bits per heavy atom. The number of hydrogen-bond donors (Lipinski definition) is 2. The molecule has 0 radical (unpaired) electrons. The number of nitrogens with one attached hydrogen (secondary N) is 1. The van der Waals surface area contributed by atoms with Gasteiger partial charge in [0.15, 0.2) is 0 Å². The maximum Gasteiger partial charge on any atom is 0.0683 e. The molecule has 0 aromatic heterocycles. The number of hydroxylamine groups is 3. The molecule has 4 heteroatoms. The van der Waals surface area contributed by atoms with Crippen LogP contribution in [-0.2, 0) is 4.94 Å². The van der Waals surface area contributed by atoms with Crippen molar-refractivity contribution in [2.75, 3.05) is 13.1 Å². The van der Waals surface area contributed by atoms with E-state index in [0.717, 1.165) is 5.23 Å². The summed E-state index contributed by atoms with van der Waals surface area (Å²) in [5, 5.41) is 9.03. The van der Waals surface area contributed by atoms with E-state index in [1.807, 2.05) is 0 Å². The molecule has 0 spiro atoms. The van der Waals surface area contributed by atoms with Gasteiger partial charge in [0.25, 0.3) is 0 Å². The lowest BCUT2D eigenvalue weighted by atomic mass is 10.7. The minimum Gasteiger partial charge on any atom is -0.288 e. The summed E-state index contributed by atoms with van der Waals surface area (Å²) in [7, 11) is 0. The van der Waals surface area contributed by atoms with Crippen molar-refractivity contribution < 1.29 is 10.1 Å². The second kappa shape index (κ2) is 1.53. The zero-order valence-electron chi connectivity index (χ0n) is 3.22. The van der Waals surface area contributed by atoms with Crippen LogP contribution in [0.15, 0.2) is 0 Å². The molecule has 0 saturated carbocycles. The minimum atomic E-state index is 0.542. The SMILES string of the molecule is ON1CCNO1. The second-order valence-corrected chi connectivity index (χ2v) is 1.06. The van der Waals surface area contributed by atoms with Crippen molar-refractivity contribution in [2.24, 2.45) is 0 Å². The maximum absolute atomic E-state index is 8.28. The first-order valence-electron chi connectivity index (χ1n) is 1.76. The van der Waals surface area contributed by atoms with Crippen molar-refractivity contribution in [1.82, 2.24) is 10.7 Å². The number of hydrogen-bond acceptors (Lipinski definition) is 4. The van der Waals surface area contributed by atoms with Crippen molar-refractivity contribution in [3.8, 4) is 0 Å². The van der Waals surface area contributed by atoms with Gasteiger partial charge in [-0.15, -0.1) is 0 Å². The maximum atomic E-state index is 8.28. The molecule has 1 aliphatic heterocycles. The Bertz CT molecular complexity index is 42.8. The standard InChI is InChI=1S/C2H6N2O2/c5-4-2-1-3-6-4/h3,5H,1-2H2. The average Bonchev–Trinajstić information content (AvgIpc) is 1.86. The summed E-state index contributed by atoms with van der Waals surface area (Å²) in [5.74, 6) is 0. The molecule has 1 fully saturated rings. The molecule has 0 bridgehead atoms. The Kier molecular flexibility index (Phi) is 1.02. The van der Waals surface area contributed by atoms with Crippen LogP contribution in [0.1, 0.15) is 0 Å². The van der Waals surface area contributed by atoms with E-state index in [4.69, 9.17) is 5.21 Å². The Morgan fingerprint density at radius 2 is 2.67 bits per heavy atom. The van der Waals surface area contributed by atoms with Crippen LogP contribution in [0.2, 0.25) is 0 Å². The largest absolute Gasteiger partial charge is 0.288 e. The van der Waals surface area contributed by atoms with Crippen molar-refractivity contribution in [2.45, 2.75) is 0 Å². The first kappa shape index (κ1) is 4.01. The van der Waals surface area contributed by atoms with E-state index in [2.05, 4.69) is 10.4 Å². The van der Waals surface area contributed by atoms with Crippen LogP contribution >= 0.6 is 0 Å². The van der Waals surface area contributed by atoms with Crippen LogP contribution in [0, 0.1) is 0 Å². The highest BCUT2D eigenvalue weighted by Crippen LogP contribution is 1.84. The minimum absolute atomic E-state index is 0.542. The summed E-state index contributed by atoms with van der Waals surface area (Å²) in [5.41, 5.74) is 2.45. The van der Waals surface area contributed by atoms with Crippen LogP contribution < -0.4 is 5.48 Å². The molecule has 36 valence electrons. The van der Waals surface area contributed by atoms with Gasteiger partial charge in [-0.3, -0.25) is 5.21 Å². The molecular weight excluding hydrogens is 84.0 g/mol. The van der Waals surface area contributed by atoms with Crippen LogP contribution in [0.5, 0.6) is 0 Å². The highest BCUT2D eigenvalue weighted by Gasteiger charge is 2.05. The monoisotopic (exact) mass is 90.0 g/mol. The third kappa shape index (κ3) is 0.662. The zero-order chi connectivity index (χ0) is 4.41. The third-order valence-corrected chi connectivity index (χ3v) is 0.575. The molecule has 0 aromatic carbocycles. The third-order valence-electron chi connectivity index (χ3n) is 0.575. The van der Waals surface area contributed by atoms with E-state index in [1.165, 1.54) is 0 Å². The van der Waals surface area contributed by atoms with Gasteiger partial charge in [0.1, 0.15) is 0 Å². The lowest BCUT2D eigenvalue weighted by Crippen LogP contribution is -2.12. The van der Waals surface area contributed by atoms with Gasteiger partial charge >= 0.3 is 0 Å². The molecule has 1 heterocycles. The van der Waals surface area contributed by atoms with E-state index in [0.29, 0.717) is 13.1 Å². The van der Waals surface area contributed by atoms with Gasteiger partial charge < -0.3 is 0 Å². The molecular formula is C2H6N2O2. The summed E-state index contributed by atoms with van der Waals surface area (Å²) in [6, 6.07) is 0. The van der Waals surface area contributed by atoms with Gasteiger partial charge in [-0.2, -0.15) is 10.4 Å². The molecule has 1 rings (SSSR count). The smallest absolute Gasteiger partial charge is 0.0683 e. The lowest BCUT2D eigenvalue weighted by Gasteiger charge is -1.96. The predicted octanol–water partition coefficient (Wildman–Crippen LogP) is -0.873. The Morgan fingerprint density at radius 1 is 1.83 bits per heavy atom. The van der Waals surface area contributed by atoms with Crippen LogP contribution in [-0.4, -0.2) is 23.5 Å². The van der Waals surface area contributed by atoms with Gasteiger partial charge in [0.05, 0.1) is 6.54 Å². The van der Waals surface area contributed by atoms with Gasteiger partial charge in [0, 0.05) is 6.54 Å². The molecule has 0 unspecified atom stereocenters. The fourth-order valence-corrected chi connectivity index (χ4v) is 0.307. The zero-order valence-corrected chi connectivity index (χ0v) is 3.22. The van der Waals surface area contributed by atoms with Crippen molar-refractivity contribution in [3.63, 3.8) is 0 Å². The first-order valence-corrected chi connectivity index (χ1v) is 1.76. The fraction of sp³-hybridized carbons (Fsp3) is 1.00. The van der Waals surface area contributed by atoms with Crippen molar-refractivity contribution in [3.05, 3.63) is 0 Å². The average molecular weight is 90.1 g/mol. The van der Waals surface area contributed by atoms with E-state index in [-0.39, 0.29) is 0 Å². The van der Waals surface area contributed by atoms with Gasteiger partial charge in [-0.1, -0.05) is 0 Å². The molecule has 2 N–H and O–H groups in total. The normalized spacial score (nSPS) is 25.5. The van der Waals surface area contributed by atoms with Crippen LogP contribution in [0.25, 0.3) is 0 Å². The van der Waals surface area contributed by atoms with Gasteiger partial charge in [0.2, 0.25) is 0 Å². The summed E-state index contributed by atoms with van der Waals surface area (Å²) >= 11 is 0. The fourth-order valence-electron chi connectivity index (χ4n) is 0.307.